The Bertz CT molecular complexity index is 1370. The molecule has 5 rings (SSSR count). The fourth-order valence-electron chi connectivity index (χ4n) is 4.79. The molecule has 0 spiro atoms. The Morgan fingerprint density at radius 1 is 1.13 bits per heavy atom. The van der Waals surface area contributed by atoms with Crippen molar-refractivity contribution < 1.29 is 24.1 Å². The van der Waals surface area contributed by atoms with E-state index in [0.29, 0.717) is 42.3 Å². The number of nitrogens with one attached hydrogen (secondary N) is 1. The molecule has 0 aliphatic carbocycles. The third-order valence-corrected chi connectivity index (χ3v) is 6.88. The molecule has 2 atom stereocenters. The van der Waals surface area contributed by atoms with E-state index in [1.807, 2.05) is 61.5 Å². The number of hydrogen-bond donors (Lipinski definition) is 2. The lowest BCUT2D eigenvalue weighted by Gasteiger charge is -2.28. The number of aromatic hydroxyl groups is 1. The SMILES string of the molecule is CCc1c(OCc2ccc(C(OC3CCCCO3)c3cccc(-c4nn[nH]n4)c3)cc2)ccc(CC=O)c1O. The van der Waals surface area contributed by atoms with Crippen molar-refractivity contribution in [2.75, 3.05) is 6.61 Å². The highest BCUT2D eigenvalue weighted by atomic mass is 16.7. The second kappa shape index (κ2) is 12.6. The van der Waals surface area contributed by atoms with Crippen molar-refractivity contribution in [3.8, 4) is 22.9 Å². The van der Waals surface area contributed by atoms with Gasteiger partial charge in [0, 0.05) is 29.7 Å². The number of carbonyl (C=O) groups excluding carboxylic acids is 1. The van der Waals surface area contributed by atoms with E-state index in [4.69, 9.17) is 14.2 Å². The van der Waals surface area contributed by atoms with Gasteiger partial charge in [0.1, 0.15) is 30.5 Å². The van der Waals surface area contributed by atoms with Gasteiger partial charge in [-0.2, -0.15) is 5.21 Å². The van der Waals surface area contributed by atoms with E-state index in [2.05, 4.69) is 20.6 Å². The number of rotatable bonds is 11. The minimum absolute atomic E-state index is 0.130. The van der Waals surface area contributed by atoms with E-state index in [1.54, 1.807) is 6.07 Å². The van der Waals surface area contributed by atoms with Crippen molar-refractivity contribution in [1.29, 1.82) is 0 Å². The summed E-state index contributed by atoms with van der Waals surface area (Å²) in [6.07, 6.45) is 3.91. The van der Waals surface area contributed by atoms with Crippen LogP contribution in [0.15, 0.2) is 60.7 Å². The first kappa shape index (κ1) is 26.5. The molecular formula is C30H32N4O5. The van der Waals surface area contributed by atoms with Gasteiger partial charge in [-0.3, -0.25) is 0 Å². The predicted molar refractivity (Wildman–Crippen MR) is 144 cm³/mol. The number of nitrogens with zero attached hydrogens (tertiary/aromatic N) is 3. The van der Waals surface area contributed by atoms with E-state index >= 15 is 0 Å². The number of H-pyrrole nitrogens is 1. The van der Waals surface area contributed by atoms with Gasteiger partial charge in [0.05, 0.1) is 0 Å². The number of aromatic amines is 1. The second-order valence-electron chi connectivity index (χ2n) is 9.48. The summed E-state index contributed by atoms with van der Waals surface area (Å²) in [5.41, 5.74) is 5.09. The molecule has 1 aliphatic rings. The number of hydrogen-bond acceptors (Lipinski definition) is 8. The maximum atomic E-state index is 10.9. The third kappa shape index (κ3) is 6.32. The zero-order valence-electron chi connectivity index (χ0n) is 21.9. The number of phenolic OH excluding ortho intramolecular Hbond substituents is 1. The molecule has 4 aromatic rings. The first-order chi connectivity index (χ1) is 19.2. The summed E-state index contributed by atoms with van der Waals surface area (Å²) in [5, 5.41) is 24.9. The van der Waals surface area contributed by atoms with Gasteiger partial charge in [-0.05, 0) is 59.7 Å². The van der Waals surface area contributed by atoms with Gasteiger partial charge < -0.3 is 24.1 Å². The van der Waals surface area contributed by atoms with Crippen molar-refractivity contribution >= 4 is 6.29 Å². The molecule has 2 heterocycles. The van der Waals surface area contributed by atoms with Gasteiger partial charge in [0.2, 0.25) is 5.82 Å². The van der Waals surface area contributed by atoms with E-state index in [9.17, 15) is 9.90 Å². The van der Waals surface area contributed by atoms with Crippen LogP contribution < -0.4 is 4.74 Å². The van der Waals surface area contributed by atoms with Crippen LogP contribution in [0.4, 0.5) is 0 Å². The highest BCUT2D eigenvalue weighted by Gasteiger charge is 2.23. The van der Waals surface area contributed by atoms with Crippen LogP contribution in [0.25, 0.3) is 11.4 Å². The topological polar surface area (TPSA) is 119 Å². The number of benzene rings is 3. The van der Waals surface area contributed by atoms with E-state index in [-0.39, 0.29) is 24.6 Å². The zero-order chi connectivity index (χ0) is 27.0. The molecule has 202 valence electrons. The average molecular weight is 529 g/mol. The van der Waals surface area contributed by atoms with Gasteiger partial charge in [0.25, 0.3) is 0 Å². The van der Waals surface area contributed by atoms with Crippen LogP contribution in [0.3, 0.4) is 0 Å². The van der Waals surface area contributed by atoms with Gasteiger partial charge in [-0.15, -0.1) is 10.2 Å². The van der Waals surface area contributed by atoms with E-state index in [1.165, 1.54) is 0 Å². The monoisotopic (exact) mass is 528 g/mol. The molecule has 2 N–H and O–H groups in total. The summed E-state index contributed by atoms with van der Waals surface area (Å²) >= 11 is 0. The lowest BCUT2D eigenvalue weighted by atomic mass is 9.98. The van der Waals surface area contributed by atoms with Gasteiger partial charge >= 0.3 is 0 Å². The summed E-state index contributed by atoms with van der Waals surface area (Å²) in [6, 6.07) is 19.6. The second-order valence-corrected chi connectivity index (χ2v) is 9.48. The predicted octanol–water partition coefficient (Wildman–Crippen LogP) is 5.09. The summed E-state index contributed by atoms with van der Waals surface area (Å²) in [7, 11) is 0. The number of phenols is 1. The Kier molecular flexibility index (Phi) is 8.60. The summed E-state index contributed by atoms with van der Waals surface area (Å²) in [5.74, 6) is 1.27. The molecule has 2 unspecified atom stereocenters. The Morgan fingerprint density at radius 2 is 2.00 bits per heavy atom. The van der Waals surface area contributed by atoms with Crippen LogP contribution in [0.5, 0.6) is 11.5 Å². The third-order valence-electron chi connectivity index (χ3n) is 6.88. The fourth-order valence-corrected chi connectivity index (χ4v) is 4.79. The fraction of sp³-hybridized carbons (Fsp3) is 0.333. The van der Waals surface area contributed by atoms with Crippen molar-refractivity contribution in [3.05, 3.63) is 88.5 Å². The zero-order valence-corrected chi connectivity index (χ0v) is 21.9. The molecule has 0 bridgehead atoms. The largest absolute Gasteiger partial charge is 0.507 e. The lowest BCUT2D eigenvalue weighted by Crippen LogP contribution is -2.25. The van der Waals surface area contributed by atoms with Crippen LogP contribution in [0.1, 0.15) is 60.1 Å². The van der Waals surface area contributed by atoms with Crippen LogP contribution in [-0.4, -0.2) is 44.9 Å². The molecule has 3 aromatic carbocycles. The molecular weight excluding hydrogens is 496 g/mol. The van der Waals surface area contributed by atoms with Gasteiger partial charge in [-0.1, -0.05) is 55.5 Å². The van der Waals surface area contributed by atoms with Crippen molar-refractivity contribution in [2.24, 2.45) is 0 Å². The highest BCUT2D eigenvalue weighted by molar-refractivity contribution is 5.60. The Hall–Kier alpha value is -4.08. The van der Waals surface area contributed by atoms with Crippen LogP contribution in [-0.2, 0) is 33.7 Å². The number of aromatic nitrogens is 4. The maximum absolute atomic E-state index is 10.9. The van der Waals surface area contributed by atoms with Crippen LogP contribution in [0, 0.1) is 0 Å². The molecule has 9 nitrogen and oxygen atoms in total. The quantitative estimate of drug-likeness (QED) is 0.259. The molecule has 39 heavy (non-hydrogen) atoms. The Morgan fingerprint density at radius 3 is 2.72 bits per heavy atom. The van der Waals surface area contributed by atoms with Crippen molar-refractivity contribution in [1.82, 2.24) is 20.6 Å². The van der Waals surface area contributed by atoms with Gasteiger partial charge in [0.15, 0.2) is 6.29 Å². The minimum Gasteiger partial charge on any atom is -0.507 e. The van der Waals surface area contributed by atoms with E-state index in [0.717, 1.165) is 47.8 Å². The van der Waals surface area contributed by atoms with Crippen molar-refractivity contribution in [3.63, 3.8) is 0 Å². The van der Waals surface area contributed by atoms with Crippen molar-refractivity contribution in [2.45, 2.75) is 58.0 Å². The van der Waals surface area contributed by atoms with Gasteiger partial charge in [-0.25, -0.2) is 0 Å². The molecule has 9 heteroatoms. The van der Waals surface area contributed by atoms with Crippen LogP contribution >= 0.6 is 0 Å². The lowest BCUT2D eigenvalue weighted by molar-refractivity contribution is -0.181. The average Bonchev–Trinajstić information content (AvgIpc) is 3.53. The molecule has 0 amide bonds. The first-order valence-corrected chi connectivity index (χ1v) is 13.3. The minimum atomic E-state index is -0.344. The number of ether oxygens (including phenoxy) is 3. The van der Waals surface area contributed by atoms with E-state index < -0.39 is 0 Å². The summed E-state index contributed by atoms with van der Waals surface area (Å²) in [4.78, 5) is 10.9. The molecule has 1 aliphatic heterocycles. The Labute approximate surface area is 227 Å². The number of aldehydes is 1. The molecule has 1 aromatic heterocycles. The standard InChI is InChI=1S/C30H32N4O5/c1-2-25-26(14-13-21(15-16-35)28(25)36)38-19-20-9-11-22(12-10-20)29(39-27-8-3-4-17-37-27)23-6-5-7-24(18-23)30-31-33-34-32-30/h5-7,9-14,16,18,27,29,36H,2-4,8,15,17,19H2,1H3,(H,31,32,33,34). The number of tetrazole rings is 1. The maximum Gasteiger partial charge on any atom is 0.204 e. The molecule has 1 saturated heterocycles. The Balaban J connectivity index is 1.35. The highest BCUT2D eigenvalue weighted by Crippen LogP contribution is 2.34. The molecule has 0 radical (unpaired) electrons. The first-order valence-electron chi connectivity index (χ1n) is 13.3. The normalized spacial score (nSPS) is 16.1. The smallest absolute Gasteiger partial charge is 0.204 e. The molecule has 1 fully saturated rings. The van der Waals surface area contributed by atoms with Crippen LogP contribution in [0.2, 0.25) is 0 Å². The molecule has 0 saturated carbocycles. The number of carbonyl (C=O) groups is 1. The summed E-state index contributed by atoms with van der Waals surface area (Å²) in [6.45, 7) is 2.98. The summed E-state index contributed by atoms with van der Waals surface area (Å²) < 4.78 is 18.5.